The zero-order chi connectivity index (χ0) is 10.7. The van der Waals surface area contributed by atoms with E-state index >= 15 is 0 Å². The van der Waals surface area contributed by atoms with Crippen LogP contribution in [-0.2, 0) is 4.79 Å². The number of halogens is 1. The van der Waals surface area contributed by atoms with Gasteiger partial charge in [-0.25, -0.2) is 4.79 Å². The first kappa shape index (κ1) is 9.65. The first-order chi connectivity index (χ1) is 7.31. The van der Waals surface area contributed by atoms with Crippen molar-refractivity contribution in [1.82, 2.24) is 5.16 Å². The van der Waals surface area contributed by atoms with Gasteiger partial charge in [0.25, 0.3) is 5.88 Å². The van der Waals surface area contributed by atoms with Gasteiger partial charge in [-0.3, -0.25) is 0 Å². The van der Waals surface area contributed by atoms with Crippen LogP contribution in [0.4, 0.5) is 5.88 Å². The molecule has 1 aromatic carbocycles. The molecule has 4 nitrogen and oxygen atoms in total. The van der Waals surface area contributed by atoms with Gasteiger partial charge >= 0.3 is 0 Å². The number of rotatable bonds is 2. The van der Waals surface area contributed by atoms with Crippen LogP contribution in [0.15, 0.2) is 39.8 Å². The number of benzene rings is 1. The summed E-state index contributed by atoms with van der Waals surface area (Å²) < 4.78 is 4.78. The van der Waals surface area contributed by atoms with Crippen molar-refractivity contribution in [2.75, 3.05) is 0 Å². The fourth-order valence-corrected chi connectivity index (χ4v) is 1.39. The van der Waals surface area contributed by atoms with Crippen molar-refractivity contribution in [3.8, 4) is 11.3 Å². The van der Waals surface area contributed by atoms with E-state index < -0.39 is 0 Å². The van der Waals surface area contributed by atoms with Gasteiger partial charge in [0.05, 0.1) is 5.02 Å². The molecule has 5 heteroatoms. The molecule has 74 valence electrons. The number of isocyanates is 1. The number of aliphatic imine (C=N–C) groups is 1. The number of hydrogen-bond acceptors (Lipinski definition) is 4. The van der Waals surface area contributed by atoms with Gasteiger partial charge in [0.2, 0.25) is 6.08 Å². The zero-order valence-electron chi connectivity index (χ0n) is 7.48. The highest BCUT2D eigenvalue weighted by Crippen LogP contribution is 2.28. The van der Waals surface area contributed by atoms with Crippen LogP contribution >= 0.6 is 11.6 Å². The number of aromatic nitrogens is 1. The van der Waals surface area contributed by atoms with Gasteiger partial charge in [-0.05, 0) is 6.07 Å². The Kier molecular flexibility index (Phi) is 2.63. The fourth-order valence-electron chi connectivity index (χ4n) is 1.16. The molecular weight excluding hydrogens is 216 g/mol. The Morgan fingerprint density at radius 2 is 2.20 bits per heavy atom. The zero-order valence-corrected chi connectivity index (χ0v) is 8.23. The molecule has 2 rings (SSSR count). The third-order valence-electron chi connectivity index (χ3n) is 1.80. The van der Waals surface area contributed by atoms with Gasteiger partial charge in [-0.2, -0.15) is 0 Å². The quantitative estimate of drug-likeness (QED) is 0.578. The van der Waals surface area contributed by atoms with Crippen LogP contribution in [0.2, 0.25) is 5.02 Å². The van der Waals surface area contributed by atoms with Gasteiger partial charge in [0.15, 0.2) is 0 Å². The minimum atomic E-state index is 0.111. The van der Waals surface area contributed by atoms with Crippen molar-refractivity contribution >= 4 is 23.6 Å². The molecule has 0 N–H and O–H groups in total. The highest BCUT2D eigenvalue weighted by molar-refractivity contribution is 6.33. The molecular formula is C10H5ClN2O2. The molecule has 0 aliphatic rings. The van der Waals surface area contributed by atoms with Crippen molar-refractivity contribution in [2.24, 2.45) is 4.99 Å². The van der Waals surface area contributed by atoms with Crippen molar-refractivity contribution in [1.29, 1.82) is 0 Å². The summed E-state index contributed by atoms with van der Waals surface area (Å²) in [7, 11) is 0. The molecule has 0 aliphatic heterocycles. The Morgan fingerprint density at radius 1 is 1.40 bits per heavy atom. The molecule has 0 spiro atoms. The largest absolute Gasteiger partial charge is 0.335 e. The summed E-state index contributed by atoms with van der Waals surface area (Å²) in [5, 5.41) is 4.30. The van der Waals surface area contributed by atoms with Crippen LogP contribution in [0.1, 0.15) is 0 Å². The summed E-state index contributed by atoms with van der Waals surface area (Å²) in [6.07, 6.45) is 1.37. The molecule has 0 bridgehead atoms. The molecule has 1 heterocycles. The monoisotopic (exact) mass is 220 g/mol. The summed E-state index contributed by atoms with van der Waals surface area (Å²) >= 11 is 5.96. The lowest BCUT2D eigenvalue weighted by Gasteiger charge is -1.96. The number of nitrogens with zero attached hydrogens (tertiary/aromatic N) is 2. The summed E-state index contributed by atoms with van der Waals surface area (Å²) in [5.74, 6) is 0.111. The third-order valence-corrected chi connectivity index (χ3v) is 2.13. The summed E-state index contributed by atoms with van der Waals surface area (Å²) in [4.78, 5) is 13.3. The second-order valence-corrected chi connectivity index (χ2v) is 3.14. The average Bonchev–Trinajstić information content (AvgIpc) is 2.68. The Hall–Kier alpha value is -1.90. The Bertz CT molecular complexity index is 530. The van der Waals surface area contributed by atoms with Crippen LogP contribution in [0.25, 0.3) is 11.3 Å². The first-order valence-corrected chi connectivity index (χ1v) is 4.48. The van der Waals surface area contributed by atoms with Crippen molar-refractivity contribution in [3.05, 3.63) is 35.4 Å². The minimum Gasteiger partial charge on any atom is -0.335 e. The standard InChI is InChI=1S/C10H5ClN2O2/c11-8-4-2-1-3-7(8)9-5-10(12-6-14)15-13-9/h1-5H. The Balaban J connectivity index is 2.46. The van der Waals surface area contributed by atoms with E-state index in [1.165, 1.54) is 12.1 Å². The molecule has 2 aromatic rings. The lowest BCUT2D eigenvalue weighted by atomic mass is 10.1. The van der Waals surface area contributed by atoms with Crippen molar-refractivity contribution < 1.29 is 9.32 Å². The van der Waals surface area contributed by atoms with Crippen molar-refractivity contribution in [2.45, 2.75) is 0 Å². The molecule has 15 heavy (non-hydrogen) atoms. The summed E-state index contributed by atoms with van der Waals surface area (Å²) in [6, 6.07) is 8.71. The van der Waals surface area contributed by atoms with E-state index in [1.807, 2.05) is 12.1 Å². The van der Waals surface area contributed by atoms with Crippen LogP contribution < -0.4 is 0 Å². The smallest absolute Gasteiger partial charge is 0.261 e. The molecule has 0 radical (unpaired) electrons. The van der Waals surface area contributed by atoms with Gasteiger partial charge in [0, 0.05) is 11.6 Å². The number of carbonyl (C=O) groups excluding carboxylic acids is 1. The van der Waals surface area contributed by atoms with E-state index in [4.69, 9.17) is 16.1 Å². The van der Waals surface area contributed by atoms with E-state index in [2.05, 4.69) is 10.1 Å². The molecule has 0 saturated carbocycles. The Labute approximate surface area is 90.2 Å². The van der Waals surface area contributed by atoms with Crippen LogP contribution in [0.3, 0.4) is 0 Å². The normalized spacial score (nSPS) is 9.67. The van der Waals surface area contributed by atoms with Crippen molar-refractivity contribution in [3.63, 3.8) is 0 Å². The lowest BCUT2D eigenvalue weighted by Crippen LogP contribution is -1.77. The van der Waals surface area contributed by atoms with E-state index in [9.17, 15) is 4.79 Å². The topological polar surface area (TPSA) is 55.5 Å². The predicted molar refractivity (Wildman–Crippen MR) is 54.7 cm³/mol. The third kappa shape index (κ3) is 1.96. The summed E-state index contributed by atoms with van der Waals surface area (Å²) in [6.45, 7) is 0. The van der Waals surface area contributed by atoms with E-state index in [-0.39, 0.29) is 5.88 Å². The highest BCUT2D eigenvalue weighted by Gasteiger charge is 2.08. The molecule has 1 aromatic heterocycles. The fraction of sp³-hybridized carbons (Fsp3) is 0. The maximum atomic E-state index is 9.98. The molecule has 0 aliphatic carbocycles. The summed E-state index contributed by atoms with van der Waals surface area (Å²) in [5.41, 5.74) is 1.27. The number of hydrogen-bond donors (Lipinski definition) is 0. The average molecular weight is 221 g/mol. The first-order valence-electron chi connectivity index (χ1n) is 4.11. The maximum absolute atomic E-state index is 9.98. The molecule has 0 saturated heterocycles. The van der Waals surface area contributed by atoms with Gasteiger partial charge < -0.3 is 4.52 Å². The van der Waals surface area contributed by atoms with Gasteiger partial charge in [0.1, 0.15) is 5.69 Å². The van der Waals surface area contributed by atoms with Crippen LogP contribution in [0, 0.1) is 0 Å². The molecule has 0 fully saturated rings. The molecule has 0 atom stereocenters. The second-order valence-electron chi connectivity index (χ2n) is 2.73. The van der Waals surface area contributed by atoms with Gasteiger partial charge in [-0.1, -0.05) is 35.0 Å². The van der Waals surface area contributed by atoms with E-state index in [0.29, 0.717) is 10.7 Å². The predicted octanol–water partition coefficient (Wildman–Crippen LogP) is 2.96. The van der Waals surface area contributed by atoms with E-state index in [1.54, 1.807) is 12.1 Å². The second kappa shape index (κ2) is 4.09. The highest BCUT2D eigenvalue weighted by atomic mass is 35.5. The van der Waals surface area contributed by atoms with Crippen LogP contribution in [0.5, 0.6) is 0 Å². The lowest BCUT2D eigenvalue weighted by molar-refractivity contribution is 0.432. The van der Waals surface area contributed by atoms with E-state index in [0.717, 1.165) is 5.56 Å². The molecule has 0 unspecified atom stereocenters. The van der Waals surface area contributed by atoms with Gasteiger partial charge in [-0.15, -0.1) is 4.99 Å². The maximum Gasteiger partial charge on any atom is 0.261 e. The minimum absolute atomic E-state index is 0.111. The van der Waals surface area contributed by atoms with Crippen LogP contribution in [-0.4, -0.2) is 11.2 Å². The Morgan fingerprint density at radius 3 is 2.93 bits per heavy atom. The molecule has 0 amide bonds. The SMILES string of the molecule is O=C=Nc1cc(-c2ccccc2Cl)no1.